The number of fused-ring (bicyclic) bond motifs is 1. The minimum absolute atomic E-state index is 0.0393. The molecular formula is C19H16N4OS2. The van der Waals surface area contributed by atoms with Crippen molar-refractivity contribution in [3.05, 3.63) is 46.2 Å². The van der Waals surface area contributed by atoms with Gasteiger partial charge in [-0.15, -0.1) is 22.7 Å². The number of hydrogen-bond donors (Lipinski definition) is 1. The van der Waals surface area contributed by atoms with E-state index in [1.807, 2.05) is 25.1 Å². The first-order valence-corrected chi connectivity index (χ1v) is 9.75. The molecule has 1 aliphatic heterocycles. The van der Waals surface area contributed by atoms with Gasteiger partial charge in [-0.3, -0.25) is 9.69 Å². The summed E-state index contributed by atoms with van der Waals surface area (Å²) in [4.78, 5) is 20.0. The van der Waals surface area contributed by atoms with E-state index in [1.54, 1.807) is 18.4 Å². The first-order chi connectivity index (χ1) is 12.4. The van der Waals surface area contributed by atoms with E-state index < -0.39 is 5.54 Å². The van der Waals surface area contributed by atoms with Gasteiger partial charge in [-0.1, -0.05) is 6.07 Å². The van der Waals surface area contributed by atoms with Crippen molar-refractivity contribution in [2.45, 2.75) is 18.9 Å². The Labute approximate surface area is 159 Å². The van der Waals surface area contributed by atoms with Crippen molar-refractivity contribution in [3.63, 3.8) is 0 Å². The highest BCUT2D eigenvalue weighted by Gasteiger charge is 2.36. The molecule has 1 atom stereocenters. The van der Waals surface area contributed by atoms with Crippen LogP contribution in [0.1, 0.15) is 23.8 Å². The molecule has 1 aliphatic rings. The molecule has 0 spiro atoms. The molecule has 1 aromatic carbocycles. The maximum Gasteiger partial charge on any atom is 0.231 e. The van der Waals surface area contributed by atoms with E-state index in [9.17, 15) is 4.79 Å². The van der Waals surface area contributed by atoms with Gasteiger partial charge < -0.3 is 5.73 Å². The van der Waals surface area contributed by atoms with E-state index in [1.165, 1.54) is 16.2 Å². The van der Waals surface area contributed by atoms with Crippen LogP contribution < -0.4 is 5.73 Å². The predicted molar refractivity (Wildman–Crippen MR) is 106 cm³/mol. The zero-order valence-corrected chi connectivity index (χ0v) is 15.9. The summed E-state index contributed by atoms with van der Waals surface area (Å²) in [7, 11) is 1.64. The third-order valence-electron chi connectivity index (χ3n) is 4.75. The van der Waals surface area contributed by atoms with Crippen molar-refractivity contribution in [2.24, 2.45) is 10.7 Å². The number of hydrogen-bond acceptors (Lipinski definition) is 6. The highest BCUT2D eigenvalue weighted by Crippen LogP contribution is 2.41. The third kappa shape index (κ3) is 2.59. The van der Waals surface area contributed by atoms with Crippen LogP contribution in [0.2, 0.25) is 0 Å². The molecule has 130 valence electrons. The average Bonchev–Trinajstić information content (AvgIpc) is 3.25. The van der Waals surface area contributed by atoms with Crippen LogP contribution in [0, 0.1) is 11.3 Å². The second-order valence-electron chi connectivity index (χ2n) is 6.51. The van der Waals surface area contributed by atoms with Crippen LogP contribution in [-0.4, -0.2) is 23.8 Å². The monoisotopic (exact) mass is 380 g/mol. The number of nitrogens with two attached hydrogens (primary N) is 1. The van der Waals surface area contributed by atoms with Gasteiger partial charge in [0.25, 0.3) is 0 Å². The summed E-state index contributed by atoms with van der Waals surface area (Å²) >= 11 is 3.15. The lowest BCUT2D eigenvalue weighted by atomic mass is 9.87. The Kier molecular flexibility index (Phi) is 3.83. The fraction of sp³-hybridized carbons (Fsp3) is 0.211. The van der Waals surface area contributed by atoms with Gasteiger partial charge in [0.05, 0.1) is 12.0 Å². The number of thiophene rings is 2. The maximum atomic E-state index is 12.3. The summed E-state index contributed by atoms with van der Waals surface area (Å²) in [5, 5.41) is 12.3. The van der Waals surface area contributed by atoms with Crippen molar-refractivity contribution in [1.29, 1.82) is 5.26 Å². The van der Waals surface area contributed by atoms with Crippen molar-refractivity contribution in [2.75, 3.05) is 7.05 Å². The van der Waals surface area contributed by atoms with Crippen LogP contribution in [0.15, 0.2) is 40.7 Å². The van der Waals surface area contributed by atoms with Crippen LogP contribution in [0.4, 0.5) is 0 Å². The molecule has 0 saturated heterocycles. The quantitative estimate of drug-likeness (QED) is 0.732. The molecule has 4 rings (SSSR count). The Morgan fingerprint density at radius 2 is 2.15 bits per heavy atom. The Hall–Kier alpha value is -2.69. The van der Waals surface area contributed by atoms with E-state index in [4.69, 9.17) is 11.0 Å². The minimum atomic E-state index is -0.672. The number of benzene rings is 1. The normalized spacial score (nSPS) is 20.3. The molecule has 26 heavy (non-hydrogen) atoms. The van der Waals surface area contributed by atoms with E-state index in [0.29, 0.717) is 4.88 Å². The first kappa shape index (κ1) is 16.8. The van der Waals surface area contributed by atoms with Gasteiger partial charge in [0.15, 0.2) is 5.96 Å². The second kappa shape index (κ2) is 5.94. The van der Waals surface area contributed by atoms with E-state index in [-0.39, 0.29) is 18.3 Å². The number of guanidine groups is 1. The number of rotatable bonds is 2. The molecule has 5 nitrogen and oxygen atoms in total. The number of aliphatic imine (C=N–C) groups is 1. The Morgan fingerprint density at radius 3 is 2.85 bits per heavy atom. The fourth-order valence-electron chi connectivity index (χ4n) is 3.17. The first-order valence-electron chi connectivity index (χ1n) is 8.05. The van der Waals surface area contributed by atoms with Gasteiger partial charge >= 0.3 is 0 Å². The molecule has 3 aromatic rings. The Bertz CT molecular complexity index is 1100. The van der Waals surface area contributed by atoms with Crippen LogP contribution in [0.25, 0.3) is 20.5 Å². The lowest BCUT2D eigenvalue weighted by Crippen LogP contribution is -2.47. The molecule has 2 aromatic heterocycles. The van der Waals surface area contributed by atoms with E-state index in [0.717, 1.165) is 26.1 Å². The summed E-state index contributed by atoms with van der Waals surface area (Å²) < 4.78 is 1.16. The summed E-state index contributed by atoms with van der Waals surface area (Å²) in [5.41, 5.74) is 7.34. The van der Waals surface area contributed by atoms with Gasteiger partial charge in [0, 0.05) is 33.0 Å². The highest BCUT2D eigenvalue weighted by atomic mass is 32.1. The topological polar surface area (TPSA) is 82.5 Å². The largest absolute Gasteiger partial charge is 0.369 e. The van der Waals surface area contributed by atoms with Crippen molar-refractivity contribution >= 4 is 44.6 Å². The molecule has 0 fully saturated rings. The fourth-order valence-corrected chi connectivity index (χ4v) is 5.02. The molecule has 1 amide bonds. The summed E-state index contributed by atoms with van der Waals surface area (Å²) in [6, 6.07) is 12.2. The van der Waals surface area contributed by atoms with Gasteiger partial charge in [0.1, 0.15) is 10.9 Å². The van der Waals surface area contributed by atoms with E-state index in [2.05, 4.69) is 28.6 Å². The molecule has 0 radical (unpaired) electrons. The number of carbonyl (C=O) groups excluding carboxylic acids is 1. The van der Waals surface area contributed by atoms with Crippen LogP contribution in [0.5, 0.6) is 0 Å². The standard InChI is InChI=1S/C19H16N4OS2/c1-19(8-17(24)23(2)18(21)22-19)11-3-5-15-13(7-11)14(10-25-15)16-6-4-12(9-20)26-16/h3-7,10H,8H2,1-2H3,(H2,21,22). The molecule has 7 heteroatoms. The zero-order chi connectivity index (χ0) is 18.5. The number of nitriles is 1. The van der Waals surface area contributed by atoms with Crippen LogP contribution in [-0.2, 0) is 10.3 Å². The molecule has 1 unspecified atom stereocenters. The summed E-state index contributed by atoms with van der Waals surface area (Å²) in [5.74, 6) is 0.203. The Morgan fingerprint density at radius 1 is 1.35 bits per heavy atom. The number of carbonyl (C=O) groups is 1. The SMILES string of the molecule is CN1C(=O)CC(C)(c2ccc3scc(-c4ccc(C#N)s4)c3c2)N=C1N. The van der Waals surface area contributed by atoms with Crippen molar-refractivity contribution in [1.82, 2.24) is 4.90 Å². The third-order valence-corrected chi connectivity index (χ3v) is 6.74. The van der Waals surface area contributed by atoms with Crippen molar-refractivity contribution < 1.29 is 4.79 Å². The smallest absolute Gasteiger partial charge is 0.231 e. The molecular weight excluding hydrogens is 364 g/mol. The molecule has 0 bridgehead atoms. The van der Waals surface area contributed by atoms with Gasteiger partial charge in [-0.05, 0) is 36.8 Å². The predicted octanol–water partition coefficient (Wildman–Crippen LogP) is 3.89. The Balaban J connectivity index is 1.84. The number of nitrogens with zero attached hydrogens (tertiary/aromatic N) is 3. The maximum absolute atomic E-state index is 12.3. The van der Waals surface area contributed by atoms with Crippen LogP contribution >= 0.6 is 22.7 Å². The molecule has 0 aliphatic carbocycles. The van der Waals surface area contributed by atoms with Gasteiger partial charge in [-0.2, -0.15) is 5.26 Å². The molecule has 3 heterocycles. The van der Waals surface area contributed by atoms with Gasteiger partial charge in [-0.25, -0.2) is 4.99 Å². The second-order valence-corrected chi connectivity index (χ2v) is 8.50. The minimum Gasteiger partial charge on any atom is -0.369 e. The zero-order valence-electron chi connectivity index (χ0n) is 14.3. The highest BCUT2D eigenvalue weighted by molar-refractivity contribution is 7.19. The lowest BCUT2D eigenvalue weighted by molar-refractivity contribution is -0.128. The van der Waals surface area contributed by atoms with Gasteiger partial charge in [0.2, 0.25) is 5.91 Å². The van der Waals surface area contributed by atoms with E-state index >= 15 is 0 Å². The molecule has 2 N–H and O–H groups in total. The average molecular weight is 380 g/mol. The lowest BCUT2D eigenvalue weighted by Gasteiger charge is -2.33. The summed E-state index contributed by atoms with van der Waals surface area (Å²) in [6.45, 7) is 1.94. The number of amides is 1. The summed E-state index contributed by atoms with van der Waals surface area (Å²) in [6.07, 6.45) is 0.284. The van der Waals surface area contributed by atoms with Crippen LogP contribution in [0.3, 0.4) is 0 Å². The molecule has 0 saturated carbocycles. The van der Waals surface area contributed by atoms with Crippen molar-refractivity contribution in [3.8, 4) is 16.5 Å².